The van der Waals surface area contributed by atoms with Crippen molar-refractivity contribution in [2.75, 3.05) is 0 Å². The Morgan fingerprint density at radius 2 is 2.20 bits per heavy atom. The lowest BCUT2D eigenvalue weighted by Crippen LogP contribution is -1.97. The number of carbonyl (C=O) groups is 1. The van der Waals surface area contributed by atoms with E-state index < -0.39 is 0 Å². The SMILES string of the molecule is CCCCC/C=C/NC=O. The summed E-state index contributed by atoms with van der Waals surface area (Å²) in [5, 5.41) is 2.46. The molecule has 0 fully saturated rings. The highest BCUT2D eigenvalue weighted by Gasteiger charge is 1.79. The summed E-state index contributed by atoms with van der Waals surface area (Å²) in [6.07, 6.45) is 9.13. The summed E-state index contributed by atoms with van der Waals surface area (Å²) < 4.78 is 0. The van der Waals surface area contributed by atoms with E-state index in [-0.39, 0.29) is 0 Å². The Balaban J connectivity index is 2.94. The van der Waals surface area contributed by atoms with Crippen molar-refractivity contribution in [3.05, 3.63) is 12.3 Å². The van der Waals surface area contributed by atoms with Crippen LogP contribution in [0.3, 0.4) is 0 Å². The van der Waals surface area contributed by atoms with Crippen LogP contribution in [0.1, 0.15) is 32.6 Å². The van der Waals surface area contributed by atoms with Gasteiger partial charge in [-0.15, -0.1) is 0 Å². The van der Waals surface area contributed by atoms with E-state index in [1.807, 2.05) is 6.08 Å². The van der Waals surface area contributed by atoms with Gasteiger partial charge in [-0.1, -0.05) is 25.8 Å². The summed E-state index contributed by atoms with van der Waals surface area (Å²) >= 11 is 0. The minimum absolute atomic E-state index is 0.677. The van der Waals surface area contributed by atoms with Gasteiger partial charge in [0.25, 0.3) is 0 Å². The van der Waals surface area contributed by atoms with Gasteiger partial charge in [0.2, 0.25) is 6.41 Å². The van der Waals surface area contributed by atoms with Crippen molar-refractivity contribution >= 4 is 6.41 Å². The molecule has 0 rings (SSSR count). The molecular formula is C8H15NO. The normalized spacial score (nSPS) is 10.1. The number of rotatable bonds is 6. The first kappa shape index (κ1) is 9.21. The van der Waals surface area contributed by atoms with Gasteiger partial charge in [-0.25, -0.2) is 0 Å². The Kier molecular flexibility index (Phi) is 7.56. The van der Waals surface area contributed by atoms with Crippen molar-refractivity contribution < 1.29 is 4.79 Å². The lowest BCUT2D eigenvalue weighted by Gasteiger charge is -1.90. The lowest BCUT2D eigenvalue weighted by molar-refractivity contribution is -0.108. The first-order valence-corrected chi connectivity index (χ1v) is 3.76. The molecule has 58 valence electrons. The first-order chi connectivity index (χ1) is 4.91. The largest absolute Gasteiger partial charge is 0.336 e. The standard InChI is InChI=1S/C8H15NO/c1-2-3-4-5-6-7-9-8-10/h6-8H,2-5H2,1H3,(H,9,10)/b7-6+. The van der Waals surface area contributed by atoms with Crippen LogP contribution in [-0.2, 0) is 4.79 Å². The first-order valence-electron chi connectivity index (χ1n) is 3.76. The molecule has 2 heteroatoms. The summed E-state index contributed by atoms with van der Waals surface area (Å²) in [5.74, 6) is 0. The van der Waals surface area contributed by atoms with Gasteiger partial charge in [-0.3, -0.25) is 4.79 Å². The van der Waals surface area contributed by atoms with Crippen LogP contribution in [0.15, 0.2) is 12.3 Å². The molecule has 0 aliphatic rings. The van der Waals surface area contributed by atoms with Crippen LogP contribution in [0, 0.1) is 0 Å². The van der Waals surface area contributed by atoms with Crippen molar-refractivity contribution in [3.63, 3.8) is 0 Å². The second-order valence-electron chi connectivity index (χ2n) is 2.18. The minimum Gasteiger partial charge on any atom is -0.336 e. The Morgan fingerprint density at radius 1 is 1.40 bits per heavy atom. The molecule has 0 aliphatic heterocycles. The number of hydrogen-bond acceptors (Lipinski definition) is 1. The van der Waals surface area contributed by atoms with Crippen LogP contribution in [-0.4, -0.2) is 6.41 Å². The highest BCUT2D eigenvalue weighted by atomic mass is 16.1. The zero-order chi connectivity index (χ0) is 7.66. The topological polar surface area (TPSA) is 29.1 Å². The molecule has 0 aromatic heterocycles. The molecule has 0 aromatic rings. The molecule has 2 nitrogen and oxygen atoms in total. The average Bonchev–Trinajstić information content (AvgIpc) is 1.97. The predicted molar refractivity (Wildman–Crippen MR) is 42.5 cm³/mol. The zero-order valence-electron chi connectivity index (χ0n) is 6.47. The van der Waals surface area contributed by atoms with Crippen molar-refractivity contribution in [3.8, 4) is 0 Å². The fourth-order valence-corrected chi connectivity index (χ4v) is 0.703. The molecule has 0 aliphatic carbocycles. The van der Waals surface area contributed by atoms with Gasteiger partial charge in [0.15, 0.2) is 0 Å². The van der Waals surface area contributed by atoms with Gasteiger partial charge in [0.1, 0.15) is 0 Å². The number of hydrogen-bond donors (Lipinski definition) is 1. The van der Waals surface area contributed by atoms with E-state index in [1.54, 1.807) is 6.20 Å². The maximum absolute atomic E-state index is 9.73. The second-order valence-corrected chi connectivity index (χ2v) is 2.18. The van der Waals surface area contributed by atoms with Gasteiger partial charge >= 0.3 is 0 Å². The Bertz CT molecular complexity index is 99.4. The number of allylic oxidation sites excluding steroid dienone is 1. The van der Waals surface area contributed by atoms with Crippen LogP contribution in [0.5, 0.6) is 0 Å². The average molecular weight is 141 g/mol. The third-order valence-electron chi connectivity index (χ3n) is 1.26. The Hall–Kier alpha value is -0.790. The number of nitrogens with one attached hydrogen (secondary N) is 1. The smallest absolute Gasteiger partial charge is 0.211 e. The molecule has 0 spiro atoms. The molecule has 0 saturated heterocycles. The van der Waals surface area contributed by atoms with E-state index >= 15 is 0 Å². The molecular weight excluding hydrogens is 126 g/mol. The van der Waals surface area contributed by atoms with Crippen LogP contribution < -0.4 is 5.32 Å². The summed E-state index contributed by atoms with van der Waals surface area (Å²) in [7, 11) is 0. The summed E-state index contributed by atoms with van der Waals surface area (Å²) in [6, 6.07) is 0. The maximum Gasteiger partial charge on any atom is 0.211 e. The van der Waals surface area contributed by atoms with Gasteiger partial charge in [0.05, 0.1) is 0 Å². The minimum atomic E-state index is 0.677. The van der Waals surface area contributed by atoms with Gasteiger partial charge in [-0.05, 0) is 19.0 Å². The molecule has 1 amide bonds. The van der Waals surface area contributed by atoms with Crippen molar-refractivity contribution in [1.29, 1.82) is 0 Å². The summed E-state index contributed by atoms with van der Waals surface area (Å²) in [6.45, 7) is 2.17. The third-order valence-corrected chi connectivity index (χ3v) is 1.26. The van der Waals surface area contributed by atoms with E-state index in [0.29, 0.717) is 6.41 Å². The van der Waals surface area contributed by atoms with Crippen LogP contribution in [0.4, 0.5) is 0 Å². The van der Waals surface area contributed by atoms with E-state index in [2.05, 4.69) is 12.2 Å². The highest BCUT2D eigenvalue weighted by Crippen LogP contribution is 1.98. The molecule has 0 aromatic carbocycles. The fraction of sp³-hybridized carbons (Fsp3) is 0.625. The molecule has 0 bridgehead atoms. The number of amides is 1. The molecule has 0 heterocycles. The van der Waals surface area contributed by atoms with E-state index in [4.69, 9.17) is 0 Å². The maximum atomic E-state index is 9.73. The molecule has 1 N–H and O–H groups in total. The predicted octanol–water partition coefficient (Wildman–Crippen LogP) is 1.83. The van der Waals surface area contributed by atoms with E-state index in [9.17, 15) is 4.79 Å². The quantitative estimate of drug-likeness (QED) is 0.443. The molecule has 10 heavy (non-hydrogen) atoms. The Morgan fingerprint density at radius 3 is 2.80 bits per heavy atom. The zero-order valence-corrected chi connectivity index (χ0v) is 6.47. The Labute approximate surface area is 62.3 Å². The van der Waals surface area contributed by atoms with Gasteiger partial charge in [0, 0.05) is 0 Å². The number of carbonyl (C=O) groups excluding carboxylic acids is 1. The summed E-state index contributed by atoms with van der Waals surface area (Å²) in [5.41, 5.74) is 0. The molecule has 0 radical (unpaired) electrons. The molecule has 0 unspecified atom stereocenters. The lowest BCUT2D eigenvalue weighted by atomic mass is 10.2. The van der Waals surface area contributed by atoms with Gasteiger partial charge < -0.3 is 5.32 Å². The molecule has 0 atom stereocenters. The summed E-state index contributed by atoms with van der Waals surface area (Å²) in [4.78, 5) is 9.73. The fourth-order valence-electron chi connectivity index (χ4n) is 0.703. The van der Waals surface area contributed by atoms with Crippen LogP contribution >= 0.6 is 0 Å². The monoisotopic (exact) mass is 141 g/mol. The van der Waals surface area contributed by atoms with Crippen LogP contribution in [0.25, 0.3) is 0 Å². The van der Waals surface area contributed by atoms with Crippen molar-refractivity contribution in [2.45, 2.75) is 32.6 Å². The van der Waals surface area contributed by atoms with Gasteiger partial charge in [-0.2, -0.15) is 0 Å². The second kappa shape index (κ2) is 8.21. The van der Waals surface area contributed by atoms with E-state index in [0.717, 1.165) is 6.42 Å². The third kappa shape index (κ3) is 7.21. The molecule has 0 saturated carbocycles. The van der Waals surface area contributed by atoms with E-state index in [1.165, 1.54) is 19.3 Å². The number of unbranched alkanes of at least 4 members (excludes halogenated alkanes) is 3. The van der Waals surface area contributed by atoms with Crippen molar-refractivity contribution in [1.82, 2.24) is 5.32 Å². The van der Waals surface area contributed by atoms with Crippen molar-refractivity contribution in [2.24, 2.45) is 0 Å². The highest BCUT2D eigenvalue weighted by molar-refractivity contribution is 5.47. The van der Waals surface area contributed by atoms with Crippen LogP contribution in [0.2, 0.25) is 0 Å².